The molecule has 112 valence electrons. The van der Waals surface area contributed by atoms with Gasteiger partial charge in [-0.05, 0) is 50.5 Å². The number of rotatable bonds is 4. The van der Waals surface area contributed by atoms with Gasteiger partial charge in [0, 0.05) is 25.0 Å². The summed E-state index contributed by atoms with van der Waals surface area (Å²) in [5, 5.41) is 10.1. The highest BCUT2D eigenvalue weighted by molar-refractivity contribution is 5.89. The fourth-order valence-corrected chi connectivity index (χ4v) is 2.38. The van der Waals surface area contributed by atoms with E-state index in [2.05, 4.69) is 15.7 Å². The van der Waals surface area contributed by atoms with Crippen LogP contribution in [0.1, 0.15) is 22.5 Å². The summed E-state index contributed by atoms with van der Waals surface area (Å²) in [6.45, 7) is 6.62. The van der Waals surface area contributed by atoms with Crippen LogP contribution in [0, 0.1) is 20.8 Å². The van der Waals surface area contributed by atoms with E-state index in [0.29, 0.717) is 6.54 Å². The predicted molar refractivity (Wildman–Crippen MR) is 84.6 cm³/mol. The van der Waals surface area contributed by atoms with E-state index < -0.39 is 0 Å². The van der Waals surface area contributed by atoms with Gasteiger partial charge in [-0.25, -0.2) is 4.79 Å². The molecule has 0 aliphatic carbocycles. The Balaban J connectivity index is 1.84. The second kappa shape index (κ2) is 6.43. The molecule has 2 rings (SSSR count). The highest BCUT2D eigenvalue weighted by Crippen LogP contribution is 2.12. The maximum absolute atomic E-state index is 11.8. The summed E-state index contributed by atoms with van der Waals surface area (Å²) in [6, 6.07) is 7.56. The molecule has 0 bridgehead atoms. The second-order valence-corrected chi connectivity index (χ2v) is 5.27. The molecule has 2 amide bonds. The van der Waals surface area contributed by atoms with Crippen LogP contribution >= 0.6 is 0 Å². The van der Waals surface area contributed by atoms with Crippen LogP contribution in [0.3, 0.4) is 0 Å². The highest BCUT2D eigenvalue weighted by atomic mass is 16.2. The van der Waals surface area contributed by atoms with Crippen LogP contribution in [0.2, 0.25) is 0 Å². The molecule has 2 aromatic rings. The maximum atomic E-state index is 11.8. The van der Waals surface area contributed by atoms with Crippen LogP contribution in [0.4, 0.5) is 10.5 Å². The third-order valence-corrected chi connectivity index (χ3v) is 3.60. The fourth-order valence-electron chi connectivity index (χ4n) is 2.38. The molecule has 0 fully saturated rings. The number of nitrogens with zero attached hydrogens (tertiary/aromatic N) is 2. The minimum atomic E-state index is -0.181. The average molecular weight is 286 g/mol. The molecule has 0 atom stereocenters. The largest absolute Gasteiger partial charge is 0.338 e. The number of amides is 2. The fraction of sp³-hybridized carbons (Fsp3) is 0.375. The molecule has 0 spiro atoms. The van der Waals surface area contributed by atoms with Crippen molar-refractivity contribution in [2.45, 2.75) is 27.2 Å². The quantitative estimate of drug-likeness (QED) is 0.908. The summed E-state index contributed by atoms with van der Waals surface area (Å²) >= 11 is 0. The molecule has 1 aromatic carbocycles. The van der Waals surface area contributed by atoms with Crippen LogP contribution in [-0.4, -0.2) is 22.4 Å². The summed E-state index contributed by atoms with van der Waals surface area (Å²) in [5.74, 6) is 0. The van der Waals surface area contributed by atoms with E-state index in [0.717, 1.165) is 29.1 Å². The summed E-state index contributed by atoms with van der Waals surface area (Å²) < 4.78 is 1.87. The van der Waals surface area contributed by atoms with E-state index in [1.54, 1.807) is 0 Å². The Morgan fingerprint density at radius 3 is 2.67 bits per heavy atom. The van der Waals surface area contributed by atoms with E-state index in [9.17, 15) is 4.79 Å². The number of carbonyl (C=O) groups is 1. The first-order chi connectivity index (χ1) is 9.97. The van der Waals surface area contributed by atoms with Gasteiger partial charge in [-0.1, -0.05) is 12.1 Å². The number of hydrogen-bond acceptors (Lipinski definition) is 2. The molecule has 0 saturated carbocycles. The van der Waals surface area contributed by atoms with Gasteiger partial charge in [-0.15, -0.1) is 0 Å². The molecular formula is C16H22N4O. The van der Waals surface area contributed by atoms with Crippen LogP contribution in [0.15, 0.2) is 24.3 Å². The zero-order valence-electron chi connectivity index (χ0n) is 13.0. The number of anilines is 1. The first-order valence-electron chi connectivity index (χ1n) is 7.08. The molecule has 0 aliphatic rings. The molecule has 5 nitrogen and oxygen atoms in total. The molecule has 1 aromatic heterocycles. The normalized spacial score (nSPS) is 10.5. The second-order valence-electron chi connectivity index (χ2n) is 5.27. The Bertz CT molecular complexity index is 646. The third kappa shape index (κ3) is 3.84. The van der Waals surface area contributed by atoms with Crippen molar-refractivity contribution >= 4 is 11.7 Å². The number of aromatic nitrogens is 2. The lowest BCUT2D eigenvalue weighted by Crippen LogP contribution is -2.30. The molecule has 5 heteroatoms. The lowest BCUT2D eigenvalue weighted by Gasteiger charge is -2.08. The van der Waals surface area contributed by atoms with Gasteiger partial charge in [0.15, 0.2) is 0 Å². The number of aryl methyl sites for hydroxylation is 3. The van der Waals surface area contributed by atoms with Crippen molar-refractivity contribution in [2.75, 3.05) is 11.9 Å². The van der Waals surface area contributed by atoms with E-state index in [1.807, 2.05) is 56.8 Å². The smallest absolute Gasteiger partial charge is 0.319 e. The van der Waals surface area contributed by atoms with Gasteiger partial charge >= 0.3 is 6.03 Å². The Hall–Kier alpha value is -2.30. The van der Waals surface area contributed by atoms with Gasteiger partial charge < -0.3 is 10.6 Å². The van der Waals surface area contributed by atoms with Crippen molar-refractivity contribution in [3.8, 4) is 0 Å². The molecule has 0 radical (unpaired) electrons. The first-order valence-corrected chi connectivity index (χ1v) is 7.08. The highest BCUT2D eigenvalue weighted by Gasteiger charge is 2.09. The standard InChI is InChI=1S/C16H22N4O/c1-11-6-5-7-14(10-11)18-16(21)17-9-8-15-12(2)19-20(4)13(15)3/h5-7,10H,8-9H2,1-4H3,(H2,17,18,21). The Morgan fingerprint density at radius 2 is 2.05 bits per heavy atom. The maximum Gasteiger partial charge on any atom is 0.319 e. The minimum absolute atomic E-state index is 0.181. The Labute approximate surface area is 125 Å². The van der Waals surface area contributed by atoms with Gasteiger partial charge in [0.2, 0.25) is 0 Å². The minimum Gasteiger partial charge on any atom is -0.338 e. The molecule has 21 heavy (non-hydrogen) atoms. The van der Waals surface area contributed by atoms with Crippen LogP contribution in [0.25, 0.3) is 0 Å². The zero-order valence-corrected chi connectivity index (χ0v) is 13.0. The van der Waals surface area contributed by atoms with E-state index in [1.165, 1.54) is 5.56 Å². The van der Waals surface area contributed by atoms with Crippen molar-refractivity contribution in [1.29, 1.82) is 0 Å². The summed E-state index contributed by atoms with van der Waals surface area (Å²) in [4.78, 5) is 11.8. The number of hydrogen-bond donors (Lipinski definition) is 2. The van der Waals surface area contributed by atoms with Gasteiger partial charge in [0.05, 0.1) is 5.69 Å². The third-order valence-electron chi connectivity index (χ3n) is 3.60. The number of benzene rings is 1. The van der Waals surface area contributed by atoms with E-state index in [4.69, 9.17) is 0 Å². The monoisotopic (exact) mass is 286 g/mol. The lowest BCUT2D eigenvalue weighted by molar-refractivity contribution is 0.252. The molecule has 0 unspecified atom stereocenters. The van der Waals surface area contributed by atoms with E-state index in [-0.39, 0.29) is 6.03 Å². The molecule has 1 heterocycles. The molecule has 2 N–H and O–H groups in total. The predicted octanol–water partition coefficient (Wildman–Crippen LogP) is 2.71. The summed E-state index contributed by atoms with van der Waals surface area (Å²) in [7, 11) is 1.93. The van der Waals surface area contributed by atoms with Crippen molar-refractivity contribution in [2.24, 2.45) is 7.05 Å². The molecular weight excluding hydrogens is 264 g/mol. The van der Waals surface area contributed by atoms with Crippen LogP contribution in [-0.2, 0) is 13.5 Å². The van der Waals surface area contributed by atoms with Crippen LogP contribution < -0.4 is 10.6 Å². The summed E-state index contributed by atoms with van der Waals surface area (Å²) in [6.07, 6.45) is 0.784. The van der Waals surface area contributed by atoms with Gasteiger partial charge in [0.25, 0.3) is 0 Å². The SMILES string of the molecule is Cc1cccc(NC(=O)NCCc2c(C)nn(C)c2C)c1. The number of urea groups is 1. The zero-order chi connectivity index (χ0) is 15.4. The Kier molecular flexibility index (Phi) is 4.62. The topological polar surface area (TPSA) is 59.0 Å². The van der Waals surface area contributed by atoms with Gasteiger partial charge in [-0.3, -0.25) is 4.68 Å². The number of carbonyl (C=O) groups excluding carboxylic acids is 1. The first kappa shape index (κ1) is 15.1. The van der Waals surface area contributed by atoms with Crippen molar-refractivity contribution < 1.29 is 4.79 Å². The summed E-state index contributed by atoms with van der Waals surface area (Å²) in [5.41, 5.74) is 5.30. The molecule has 0 saturated heterocycles. The van der Waals surface area contributed by atoms with Crippen molar-refractivity contribution in [3.63, 3.8) is 0 Å². The lowest BCUT2D eigenvalue weighted by atomic mass is 10.1. The van der Waals surface area contributed by atoms with Crippen molar-refractivity contribution in [1.82, 2.24) is 15.1 Å². The number of nitrogens with one attached hydrogen (secondary N) is 2. The van der Waals surface area contributed by atoms with Crippen molar-refractivity contribution in [3.05, 3.63) is 46.8 Å². The average Bonchev–Trinajstić information content (AvgIpc) is 2.65. The van der Waals surface area contributed by atoms with Gasteiger partial charge in [0.1, 0.15) is 0 Å². The van der Waals surface area contributed by atoms with Gasteiger partial charge in [-0.2, -0.15) is 5.10 Å². The van der Waals surface area contributed by atoms with E-state index >= 15 is 0 Å². The molecule has 0 aliphatic heterocycles. The Morgan fingerprint density at radius 1 is 1.29 bits per heavy atom. The van der Waals surface area contributed by atoms with Crippen LogP contribution in [0.5, 0.6) is 0 Å².